The molecule has 1 N–H and O–H groups in total. The summed E-state index contributed by atoms with van der Waals surface area (Å²) in [5.41, 5.74) is 4.69. The zero-order valence-electron chi connectivity index (χ0n) is 16.1. The maximum Gasteiger partial charge on any atom is 0.161 e. The van der Waals surface area contributed by atoms with Gasteiger partial charge in [0.05, 0.1) is 19.9 Å². The highest BCUT2D eigenvalue weighted by Gasteiger charge is 2.12. The van der Waals surface area contributed by atoms with Crippen molar-refractivity contribution in [3.63, 3.8) is 0 Å². The van der Waals surface area contributed by atoms with Crippen LogP contribution in [0.4, 0.5) is 5.82 Å². The van der Waals surface area contributed by atoms with E-state index in [0.29, 0.717) is 18.0 Å². The highest BCUT2D eigenvalue weighted by atomic mass is 16.5. The van der Waals surface area contributed by atoms with E-state index >= 15 is 0 Å². The predicted molar refractivity (Wildman–Crippen MR) is 110 cm³/mol. The minimum absolute atomic E-state index is 0.670. The molecule has 0 saturated carbocycles. The average Bonchev–Trinajstić information content (AvgIpc) is 3.16. The van der Waals surface area contributed by atoms with Gasteiger partial charge in [-0.15, -0.1) is 0 Å². The van der Waals surface area contributed by atoms with Gasteiger partial charge in [0.2, 0.25) is 0 Å². The third-order valence-electron chi connectivity index (χ3n) is 4.55. The molecule has 4 aromatic rings. The van der Waals surface area contributed by atoms with E-state index in [1.54, 1.807) is 14.2 Å². The van der Waals surface area contributed by atoms with E-state index in [9.17, 15) is 0 Å². The molecule has 28 heavy (non-hydrogen) atoms. The van der Waals surface area contributed by atoms with E-state index in [-0.39, 0.29) is 0 Å². The fourth-order valence-corrected chi connectivity index (χ4v) is 3.15. The van der Waals surface area contributed by atoms with Crippen LogP contribution in [0.25, 0.3) is 16.9 Å². The number of nitrogens with zero attached hydrogens (tertiary/aromatic N) is 3. The monoisotopic (exact) mass is 374 g/mol. The summed E-state index contributed by atoms with van der Waals surface area (Å²) < 4.78 is 12.6. The molecule has 6 heteroatoms. The molecule has 2 aromatic heterocycles. The Morgan fingerprint density at radius 3 is 2.46 bits per heavy atom. The molecule has 0 amide bonds. The first-order chi connectivity index (χ1) is 13.7. The molecule has 0 bridgehead atoms. The Labute approximate surface area is 163 Å². The van der Waals surface area contributed by atoms with Crippen molar-refractivity contribution < 1.29 is 9.47 Å². The van der Waals surface area contributed by atoms with Crippen LogP contribution in [-0.2, 0) is 6.54 Å². The van der Waals surface area contributed by atoms with Gasteiger partial charge in [0.15, 0.2) is 17.1 Å². The summed E-state index contributed by atoms with van der Waals surface area (Å²) in [6, 6.07) is 20.0. The average molecular weight is 374 g/mol. The van der Waals surface area contributed by atoms with E-state index in [4.69, 9.17) is 14.6 Å². The molecule has 0 spiro atoms. The number of nitrogens with one attached hydrogen (secondary N) is 1. The van der Waals surface area contributed by atoms with Gasteiger partial charge in [-0.25, -0.2) is 4.98 Å². The summed E-state index contributed by atoms with van der Waals surface area (Å²) in [4.78, 5) is 4.62. The second kappa shape index (κ2) is 7.60. The normalized spacial score (nSPS) is 10.8. The SMILES string of the molecule is COc1ccc(-c2cc3nc(C)cc(NCc4ccccc4)n3n2)cc1OC. The number of anilines is 1. The Morgan fingerprint density at radius 2 is 1.71 bits per heavy atom. The number of fused-ring (bicyclic) bond motifs is 1. The fraction of sp³-hybridized carbons (Fsp3) is 0.182. The van der Waals surface area contributed by atoms with Crippen LogP contribution in [-0.4, -0.2) is 28.8 Å². The molecule has 0 radical (unpaired) electrons. The Hall–Kier alpha value is -3.54. The number of rotatable bonds is 6. The molecule has 0 aliphatic rings. The van der Waals surface area contributed by atoms with Gasteiger partial charge in [-0.3, -0.25) is 0 Å². The van der Waals surface area contributed by atoms with Gasteiger partial charge in [-0.05, 0) is 30.7 Å². The van der Waals surface area contributed by atoms with Crippen LogP contribution in [0.3, 0.4) is 0 Å². The van der Waals surface area contributed by atoms with E-state index in [2.05, 4.69) is 22.4 Å². The number of hydrogen-bond acceptors (Lipinski definition) is 5. The minimum Gasteiger partial charge on any atom is -0.493 e. The van der Waals surface area contributed by atoms with Crippen molar-refractivity contribution in [1.82, 2.24) is 14.6 Å². The molecular weight excluding hydrogens is 352 g/mol. The summed E-state index contributed by atoms with van der Waals surface area (Å²) in [5.74, 6) is 2.26. The molecule has 0 saturated heterocycles. The second-order valence-electron chi connectivity index (χ2n) is 6.49. The van der Waals surface area contributed by atoms with Crippen molar-refractivity contribution >= 4 is 11.5 Å². The molecule has 0 aliphatic carbocycles. The van der Waals surface area contributed by atoms with Gasteiger partial charge >= 0.3 is 0 Å². The summed E-state index contributed by atoms with van der Waals surface area (Å²) in [5, 5.41) is 8.23. The minimum atomic E-state index is 0.670. The highest BCUT2D eigenvalue weighted by molar-refractivity contribution is 5.68. The van der Waals surface area contributed by atoms with E-state index in [1.807, 2.05) is 60.0 Å². The largest absolute Gasteiger partial charge is 0.493 e. The third kappa shape index (κ3) is 3.49. The first kappa shape index (κ1) is 17.9. The summed E-state index contributed by atoms with van der Waals surface area (Å²) in [7, 11) is 3.25. The molecule has 0 unspecified atom stereocenters. The van der Waals surface area contributed by atoms with Gasteiger partial charge in [-0.1, -0.05) is 30.3 Å². The van der Waals surface area contributed by atoms with Crippen LogP contribution in [0, 0.1) is 6.92 Å². The Kier molecular flexibility index (Phi) is 4.85. The van der Waals surface area contributed by atoms with Gasteiger partial charge in [0.1, 0.15) is 5.82 Å². The summed E-state index contributed by atoms with van der Waals surface area (Å²) in [6.07, 6.45) is 0. The summed E-state index contributed by atoms with van der Waals surface area (Å²) in [6.45, 7) is 2.70. The van der Waals surface area contributed by atoms with Crippen LogP contribution in [0.1, 0.15) is 11.3 Å². The molecule has 2 heterocycles. The van der Waals surface area contributed by atoms with Crippen LogP contribution < -0.4 is 14.8 Å². The summed E-state index contributed by atoms with van der Waals surface area (Å²) >= 11 is 0. The number of methoxy groups -OCH3 is 2. The number of aromatic nitrogens is 3. The van der Waals surface area contributed by atoms with E-state index in [0.717, 1.165) is 28.4 Å². The maximum atomic E-state index is 5.42. The molecule has 0 aliphatic heterocycles. The van der Waals surface area contributed by atoms with Gasteiger partial charge in [-0.2, -0.15) is 9.61 Å². The lowest BCUT2D eigenvalue weighted by Gasteiger charge is -2.09. The first-order valence-corrected chi connectivity index (χ1v) is 9.05. The van der Waals surface area contributed by atoms with Crippen molar-refractivity contribution in [3.05, 3.63) is 71.9 Å². The Morgan fingerprint density at radius 1 is 0.929 bits per heavy atom. The van der Waals surface area contributed by atoms with E-state index < -0.39 is 0 Å². The lowest BCUT2D eigenvalue weighted by atomic mass is 10.1. The molecule has 2 aromatic carbocycles. The second-order valence-corrected chi connectivity index (χ2v) is 6.49. The van der Waals surface area contributed by atoms with Crippen molar-refractivity contribution in [1.29, 1.82) is 0 Å². The quantitative estimate of drug-likeness (QED) is 0.544. The molecule has 6 nitrogen and oxygen atoms in total. The number of benzene rings is 2. The third-order valence-corrected chi connectivity index (χ3v) is 4.55. The zero-order valence-corrected chi connectivity index (χ0v) is 16.1. The van der Waals surface area contributed by atoms with Crippen molar-refractivity contribution in [2.75, 3.05) is 19.5 Å². The smallest absolute Gasteiger partial charge is 0.161 e. The molecule has 142 valence electrons. The maximum absolute atomic E-state index is 5.42. The lowest BCUT2D eigenvalue weighted by Crippen LogP contribution is -2.06. The zero-order chi connectivity index (χ0) is 19.5. The van der Waals surface area contributed by atoms with Crippen molar-refractivity contribution in [3.8, 4) is 22.8 Å². The fourth-order valence-electron chi connectivity index (χ4n) is 3.15. The van der Waals surface area contributed by atoms with Crippen molar-refractivity contribution in [2.45, 2.75) is 13.5 Å². The number of hydrogen-bond donors (Lipinski definition) is 1. The van der Waals surface area contributed by atoms with Crippen LogP contribution in [0.2, 0.25) is 0 Å². The Balaban J connectivity index is 1.70. The molecular formula is C22H22N4O2. The highest BCUT2D eigenvalue weighted by Crippen LogP contribution is 2.32. The van der Waals surface area contributed by atoms with Gasteiger partial charge < -0.3 is 14.8 Å². The van der Waals surface area contributed by atoms with Crippen molar-refractivity contribution in [2.24, 2.45) is 0 Å². The standard InChI is InChI=1S/C22H22N4O2/c1-15-11-21(23-14-16-7-5-4-6-8-16)26-22(24-15)13-18(25-26)17-9-10-19(27-2)20(12-17)28-3/h4-13,23H,14H2,1-3H3. The van der Waals surface area contributed by atoms with Crippen LogP contribution in [0.15, 0.2) is 60.7 Å². The predicted octanol–water partition coefficient (Wildman–Crippen LogP) is 4.33. The molecule has 0 atom stereocenters. The van der Waals surface area contributed by atoms with E-state index in [1.165, 1.54) is 5.56 Å². The van der Waals surface area contributed by atoms with Gasteiger partial charge in [0, 0.05) is 29.9 Å². The molecule has 0 fully saturated rings. The van der Waals surface area contributed by atoms with Crippen LogP contribution >= 0.6 is 0 Å². The lowest BCUT2D eigenvalue weighted by molar-refractivity contribution is 0.355. The van der Waals surface area contributed by atoms with Gasteiger partial charge in [0.25, 0.3) is 0 Å². The number of ether oxygens (including phenoxy) is 2. The Bertz CT molecular complexity index is 1110. The first-order valence-electron chi connectivity index (χ1n) is 9.05. The van der Waals surface area contributed by atoms with Crippen LogP contribution in [0.5, 0.6) is 11.5 Å². The molecule has 4 rings (SSSR count). The number of aryl methyl sites for hydroxylation is 1. The topological polar surface area (TPSA) is 60.7 Å².